The molecule has 5 heteroatoms. The van der Waals surface area contributed by atoms with Crippen molar-refractivity contribution in [2.45, 2.75) is 13.2 Å². The molecule has 2 aromatic carbocycles. The average molecular weight is 331 g/mol. The number of ether oxygens (including phenoxy) is 1. The summed E-state index contributed by atoms with van der Waals surface area (Å²) in [4.78, 5) is 13.0. The maximum atomic E-state index is 11.2. The van der Waals surface area contributed by atoms with Gasteiger partial charge in [-0.05, 0) is 19.1 Å². The zero-order valence-electron chi connectivity index (χ0n) is 12.9. The van der Waals surface area contributed by atoms with Gasteiger partial charge in [-0.2, -0.15) is 0 Å². The van der Waals surface area contributed by atoms with E-state index in [2.05, 4.69) is 0 Å². The number of carbonyl (C=O) groups is 1. The van der Waals surface area contributed by atoms with Crippen LogP contribution in [0, 0.1) is 0 Å². The fraction of sp³-hybridized carbons (Fsp3) is 0.167. The van der Waals surface area contributed by atoms with Crippen molar-refractivity contribution >= 4 is 23.3 Å². The lowest BCUT2D eigenvalue weighted by Gasteiger charge is -2.19. The van der Waals surface area contributed by atoms with E-state index < -0.39 is 12.1 Å². The van der Waals surface area contributed by atoms with Crippen LogP contribution in [0.1, 0.15) is 12.5 Å². The van der Waals surface area contributed by atoms with Gasteiger partial charge in [0.2, 0.25) is 0 Å². The Morgan fingerprint density at radius 1 is 1.13 bits per heavy atom. The maximum absolute atomic E-state index is 11.2. The topological polar surface area (TPSA) is 55.6 Å². The van der Waals surface area contributed by atoms with Gasteiger partial charge in [0.15, 0.2) is 0 Å². The Bertz CT molecular complexity index is 659. The number of halogens is 1. The molecule has 0 aliphatic carbocycles. The average Bonchev–Trinajstić information content (AvgIpc) is 3.02. The van der Waals surface area contributed by atoms with E-state index in [1.54, 1.807) is 4.90 Å². The second kappa shape index (κ2) is 8.25. The summed E-state index contributed by atoms with van der Waals surface area (Å²) in [5.74, 6) is 0.218. The van der Waals surface area contributed by atoms with Crippen LogP contribution in [0.5, 0.6) is 0 Å². The van der Waals surface area contributed by atoms with Crippen molar-refractivity contribution in [3.63, 3.8) is 0 Å². The van der Waals surface area contributed by atoms with Gasteiger partial charge < -0.3 is 15.4 Å². The lowest BCUT2D eigenvalue weighted by atomic mass is 10.2. The highest BCUT2D eigenvalue weighted by atomic mass is 35.5. The maximum Gasteiger partial charge on any atom is 0.280 e. The molecule has 0 aromatic heterocycles. The quantitative estimate of drug-likeness (QED) is 0.937. The summed E-state index contributed by atoms with van der Waals surface area (Å²) in [6, 6.07) is 19.1. The highest BCUT2D eigenvalue weighted by Gasteiger charge is 2.29. The Kier molecular flexibility index (Phi) is 6.06. The van der Waals surface area contributed by atoms with Crippen LogP contribution in [-0.4, -0.2) is 23.6 Å². The summed E-state index contributed by atoms with van der Waals surface area (Å²) >= 11 is 5.54. The molecule has 2 aromatic rings. The van der Waals surface area contributed by atoms with Crippen molar-refractivity contribution in [1.82, 2.24) is 4.90 Å². The van der Waals surface area contributed by atoms with Gasteiger partial charge in [-0.25, -0.2) is 0 Å². The van der Waals surface area contributed by atoms with E-state index in [1.807, 2.05) is 73.8 Å². The van der Waals surface area contributed by atoms with Crippen LogP contribution in [0.2, 0.25) is 5.02 Å². The molecule has 1 atom stereocenters. The molecule has 23 heavy (non-hydrogen) atoms. The number of benzene rings is 2. The van der Waals surface area contributed by atoms with E-state index in [0.29, 0.717) is 12.3 Å². The number of carbonyl (C=O) groups excluding carboxylic acids is 1. The zero-order chi connectivity index (χ0) is 16.7. The summed E-state index contributed by atoms with van der Waals surface area (Å²) in [6.45, 7) is 2.63. The first kappa shape index (κ1) is 16.9. The van der Waals surface area contributed by atoms with Gasteiger partial charge in [0, 0.05) is 23.3 Å². The monoisotopic (exact) mass is 330 g/mol. The summed E-state index contributed by atoms with van der Waals surface area (Å²) < 4.78 is 5.52. The number of hydrogen-bond donors (Lipinski definition) is 1. The SMILES string of the molecule is CCN1C=C(c2ccccc2)OC1C(N)=O.Clc1ccccc1. The molecule has 2 N–H and O–H groups in total. The van der Waals surface area contributed by atoms with E-state index in [4.69, 9.17) is 22.1 Å². The molecule has 0 spiro atoms. The number of primary amides is 1. The molecule has 0 bridgehead atoms. The fourth-order valence-electron chi connectivity index (χ4n) is 2.07. The van der Waals surface area contributed by atoms with E-state index in [1.165, 1.54) is 0 Å². The van der Waals surface area contributed by atoms with E-state index >= 15 is 0 Å². The highest BCUT2D eigenvalue weighted by molar-refractivity contribution is 6.30. The molecule has 1 unspecified atom stereocenters. The predicted molar refractivity (Wildman–Crippen MR) is 92.3 cm³/mol. The van der Waals surface area contributed by atoms with Crippen LogP contribution in [-0.2, 0) is 9.53 Å². The van der Waals surface area contributed by atoms with E-state index in [0.717, 1.165) is 10.6 Å². The third kappa shape index (κ3) is 4.76. The molecule has 3 rings (SSSR count). The van der Waals surface area contributed by atoms with Crippen LogP contribution in [0.4, 0.5) is 0 Å². The third-order valence-corrected chi connectivity index (χ3v) is 3.47. The lowest BCUT2D eigenvalue weighted by Crippen LogP contribution is -2.40. The molecule has 0 saturated carbocycles. The van der Waals surface area contributed by atoms with Crippen LogP contribution < -0.4 is 5.73 Å². The molecule has 1 amide bonds. The molecular weight excluding hydrogens is 312 g/mol. The van der Waals surface area contributed by atoms with Gasteiger partial charge in [-0.15, -0.1) is 0 Å². The van der Waals surface area contributed by atoms with Crippen molar-refractivity contribution in [2.75, 3.05) is 6.54 Å². The number of nitrogens with zero attached hydrogens (tertiary/aromatic N) is 1. The Morgan fingerprint density at radius 3 is 2.09 bits per heavy atom. The van der Waals surface area contributed by atoms with Gasteiger partial charge in [0.25, 0.3) is 12.1 Å². The zero-order valence-corrected chi connectivity index (χ0v) is 13.6. The number of hydrogen-bond acceptors (Lipinski definition) is 3. The Hall–Kier alpha value is -2.46. The molecule has 1 heterocycles. The van der Waals surface area contributed by atoms with Crippen molar-refractivity contribution in [3.05, 3.63) is 77.4 Å². The molecule has 1 aliphatic rings. The van der Waals surface area contributed by atoms with Crippen LogP contribution in [0.3, 0.4) is 0 Å². The second-order valence-corrected chi connectivity index (χ2v) is 5.29. The first-order valence-electron chi connectivity index (χ1n) is 7.31. The summed E-state index contributed by atoms with van der Waals surface area (Å²) in [7, 11) is 0. The fourth-order valence-corrected chi connectivity index (χ4v) is 2.22. The number of rotatable bonds is 3. The third-order valence-electron chi connectivity index (χ3n) is 3.22. The molecule has 1 aliphatic heterocycles. The van der Waals surface area contributed by atoms with E-state index in [-0.39, 0.29) is 0 Å². The molecule has 0 fully saturated rings. The minimum absolute atomic E-state index is 0.468. The Morgan fingerprint density at radius 2 is 1.70 bits per heavy atom. The van der Waals surface area contributed by atoms with Gasteiger partial charge in [-0.3, -0.25) is 4.79 Å². The van der Waals surface area contributed by atoms with Gasteiger partial charge >= 0.3 is 0 Å². The number of nitrogens with two attached hydrogens (primary N) is 1. The molecule has 120 valence electrons. The first-order valence-corrected chi connectivity index (χ1v) is 7.69. The summed E-state index contributed by atoms with van der Waals surface area (Å²) in [5, 5.41) is 0.794. The first-order chi connectivity index (χ1) is 11.1. The smallest absolute Gasteiger partial charge is 0.280 e. The minimum atomic E-state index is -0.680. The molecular formula is C18H19ClN2O2. The van der Waals surface area contributed by atoms with Crippen molar-refractivity contribution in [2.24, 2.45) is 5.73 Å². The van der Waals surface area contributed by atoms with Crippen molar-refractivity contribution in [1.29, 1.82) is 0 Å². The highest BCUT2D eigenvalue weighted by Crippen LogP contribution is 2.26. The number of amides is 1. The molecule has 0 saturated heterocycles. The van der Waals surface area contributed by atoms with Crippen LogP contribution in [0.15, 0.2) is 66.9 Å². The lowest BCUT2D eigenvalue weighted by molar-refractivity contribution is -0.130. The Labute approximate surface area is 141 Å². The number of likely N-dealkylation sites (N-methyl/N-ethyl adjacent to an activating group) is 1. The van der Waals surface area contributed by atoms with Crippen molar-refractivity contribution < 1.29 is 9.53 Å². The van der Waals surface area contributed by atoms with Crippen LogP contribution in [0.25, 0.3) is 5.76 Å². The van der Waals surface area contributed by atoms with Gasteiger partial charge in [-0.1, -0.05) is 60.1 Å². The predicted octanol–water partition coefficient (Wildman–Crippen LogP) is 3.49. The molecule has 4 nitrogen and oxygen atoms in total. The normalized spacial score (nSPS) is 16.0. The standard InChI is InChI=1S/C12H14N2O2.C6H5Cl/c1-2-14-8-10(16-12(14)11(13)15)9-6-4-3-5-7-9;7-6-4-2-1-3-5-6/h3-8,12H,2H2,1H3,(H2,13,15);1-5H. The minimum Gasteiger partial charge on any atom is -0.459 e. The van der Waals surface area contributed by atoms with Crippen LogP contribution >= 0.6 is 11.6 Å². The summed E-state index contributed by atoms with van der Waals surface area (Å²) in [6.07, 6.45) is 1.14. The van der Waals surface area contributed by atoms with Gasteiger partial charge in [0.1, 0.15) is 5.76 Å². The van der Waals surface area contributed by atoms with Gasteiger partial charge in [0.05, 0.1) is 0 Å². The Balaban J connectivity index is 0.000000229. The summed E-state index contributed by atoms with van der Waals surface area (Å²) in [5.41, 5.74) is 6.21. The second-order valence-electron chi connectivity index (χ2n) is 4.86. The van der Waals surface area contributed by atoms with E-state index in [9.17, 15) is 4.79 Å². The largest absolute Gasteiger partial charge is 0.459 e. The van der Waals surface area contributed by atoms with Crippen molar-refractivity contribution in [3.8, 4) is 0 Å². The molecule has 0 radical (unpaired) electrons.